The van der Waals surface area contributed by atoms with E-state index in [1.165, 1.54) is 0 Å². The standard InChI is InChI=1S/C17H15NO3S/c19-16-6-3-11-18(16)12-7-9-13(10-8-12)21-15-5-2-1-4-14(15)17(20)22/h1-2,4-5,7-10H,3,6,11H2,(H,20,22). The molecule has 22 heavy (non-hydrogen) atoms. The molecule has 0 bridgehead atoms. The van der Waals surface area contributed by atoms with Gasteiger partial charge in [0.25, 0.3) is 0 Å². The average molecular weight is 313 g/mol. The maximum Gasteiger partial charge on any atom is 0.227 e. The van der Waals surface area contributed by atoms with Crippen LogP contribution < -0.4 is 9.64 Å². The maximum absolute atomic E-state index is 11.7. The van der Waals surface area contributed by atoms with Gasteiger partial charge in [-0.3, -0.25) is 9.59 Å². The van der Waals surface area contributed by atoms with E-state index in [1.54, 1.807) is 41.3 Å². The molecule has 0 aliphatic carbocycles. The van der Waals surface area contributed by atoms with Crippen molar-refractivity contribution in [1.82, 2.24) is 0 Å². The van der Waals surface area contributed by atoms with Gasteiger partial charge in [0.15, 0.2) is 0 Å². The minimum absolute atomic E-state index is 0.152. The second-order valence-electron chi connectivity index (χ2n) is 5.05. The molecular formula is C17H15NO3S. The molecule has 1 aliphatic heterocycles. The number of hydrogen-bond acceptors (Lipinski definition) is 3. The van der Waals surface area contributed by atoms with Gasteiger partial charge in [0, 0.05) is 18.7 Å². The summed E-state index contributed by atoms with van der Waals surface area (Å²) in [6, 6.07) is 14.2. The molecule has 1 fully saturated rings. The molecule has 3 rings (SSSR count). The highest BCUT2D eigenvalue weighted by atomic mass is 32.1. The van der Waals surface area contributed by atoms with E-state index < -0.39 is 0 Å². The Morgan fingerprint density at radius 3 is 2.45 bits per heavy atom. The molecule has 1 heterocycles. The van der Waals surface area contributed by atoms with E-state index in [1.807, 2.05) is 12.1 Å². The summed E-state index contributed by atoms with van der Waals surface area (Å²) in [5, 5.41) is -0.338. The largest absolute Gasteiger partial charge is 0.457 e. The van der Waals surface area contributed by atoms with Gasteiger partial charge < -0.3 is 9.64 Å². The van der Waals surface area contributed by atoms with Crippen LogP contribution in [0.15, 0.2) is 48.5 Å². The quantitative estimate of drug-likeness (QED) is 0.876. The summed E-state index contributed by atoms with van der Waals surface area (Å²) in [4.78, 5) is 25.0. The SMILES string of the molecule is O=C(S)c1ccccc1Oc1ccc(N2CCCC2=O)cc1. The van der Waals surface area contributed by atoms with E-state index in [2.05, 4.69) is 12.6 Å². The van der Waals surface area contributed by atoms with Crippen LogP contribution in [0.1, 0.15) is 23.2 Å². The molecule has 112 valence electrons. The van der Waals surface area contributed by atoms with Crippen LogP contribution in [0.5, 0.6) is 11.5 Å². The Bertz CT molecular complexity index is 712. The summed E-state index contributed by atoms with van der Waals surface area (Å²) < 4.78 is 5.74. The number of carbonyl (C=O) groups excluding carboxylic acids is 2. The molecule has 0 spiro atoms. The summed E-state index contributed by atoms with van der Waals surface area (Å²) in [6.45, 7) is 0.760. The Kier molecular flexibility index (Phi) is 4.15. The highest BCUT2D eigenvalue weighted by Crippen LogP contribution is 2.29. The number of amides is 1. The zero-order valence-electron chi connectivity index (χ0n) is 11.9. The third kappa shape index (κ3) is 2.99. The minimum atomic E-state index is -0.338. The van der Waals surface area contributed by atoms with Crippen molar-refractivity contribution in [1.29, 1.82) is 0 Å². The van der Waals surface area contributed by atoms with E-state index in [4.69, 9.17) is 4.74 Å². The van der Waals surface area contributed by atoms with Crippen LogP contribution in [0.4, 0.5) is 5.69 Å². The molecule has 2 aromatic rings. The zero-order chi connectivity index (χ0) is 15.5. The van der Waals surface area contributed by atoms with Gasteiger partial charge in [-0.1, -0.05) is 12.1 Å². The molecule has 1 saturated heterocycles. The van der Waals surface area contributed by atoms with Crippen molar-refractivity contribution in [2.75, 3.05) is 11.4 Å². The number of rotatable bonds is 4. The molecule has 0 saturated carbocycles. The zero-order valence-corrected chi connectivity index (χ0v) is 12.8. The number of carbonyl (C=O) groups is 2. The smallest absolute Gasteiger partial charge is 0.227 e. The lowest BCUT2D eigenvalue weighted by atomic mass is 10.2. The summed E-state index contributed by atoms with van der Waals surface area (Å²) in [5.74, 6) is 1.23. The molecule has 1 amide bonds. The van der Waals surface area contributed by atoms with Gasteiger partial charge in [-0.05, 0) is 42.8 Å². The number of nitrogens with zero attached hydrogens (tertiary/aromatic N) is 1. The summed E-state index contributed by atoms with van der Waals surface area (Å²) >= 11 is 3.85. The monoisotopic (exact) mass is 313 g/mol. The Labute approximate surface area is 134 Å². The van der Waals surface area contributed by atoms with Crippen LogP contribution in [0, 0.1) is 0 Å². The summed E-state index contributed by atoms with van der Waals surface area (Å²) in [6.07, 6.45) is 1.50. The fraction of sp³-hybridized carbons (Fsp3) is 0.176. The van der Waals surface area contributed by atoms with Crippen molar-refractivity contribution in [2.45, 2.75) is 12.8 Å². The number of thiol groups is 1. The van der Waals surface area contributed by atoms with E-state index in [9.17, 15) is 9.59 Å². The number of anilines is 1. The Balaban J connectivity index is 1.79. The van der Waals surface area contributed by atoms with Crippen molar-refractivity contribution >= 4 is 29.3 Å². The Morgan fingerprint density at radius 1 is 1.09 bits per heavy atom. The molecule has 2 aromatic carbocycles. The molecule has 0 radical (unpaired) electrons. The van der Waals surface area contributed by atoms with Gasteiger partial charge in [0.05, 0.1) is 5.56 Å². The van der Waals surface area contributed by atoms with Gasteiger partial charge in [0.2, 0.25) is 11.0 Å². The van der Waals surface area contributed by atoms with E-state index in [0.29, 0.717) is 23.5 Å². The van der Waals surface area contributed by atoms with Gasteiger partial charge in [-0.2, -0.15) is 0 Å². The van der Waals surface area contributed by atoms with Gasteiger partial charge in [-0.25, -0.2) is 0 Å². The second kappa shape index (κ2) is 6.23. The lowest BCUT2D eigenvalue weighted by molar-refractivity contribution is -0.117. The number of ether oxygens (including phenoxy) is 1. The lowest BCUT2D eigenvalue weighted by Crippen LogP contribution is -2.23. The second-order valence-corrected chi connectivity index (χ2v) is 5.45. The summed E-state index contributed by atoms with van der Waals surface area (Å²) in [5.41, 5.74) is 1.29. The van der Waals surface area contributed by atoms with Crippen LogP contribution in [0.2, 0.25) is 0 Å². The van der Waals surface area contributed by atoms with Crippen molar-refractivity contribution in [2.24, 2.45) is 0 Å². The van der Waals surface area contributed by atoms with Crippen LogP contribution in [-0.2, 0) is 4.79 Å². The number of hydrogen-bond donors (Lipinski definition) is 1. The van der Waals surface area contributed by atoms with E-state index in [0.717, 1.165) is 18.7 Å². The highest BCUT2D eigenvalue weighted by Gasteiger charge is 2.21. The van der Waals surface area contributed by atoms with Crippen LogP contribution in [-0.4, -0.2) is 17.6 Å². The maximum atomic E-state index is 11.7. The Hall–Kier alpha value is -2.27. The molecule has 0 N–H and O–H groups in total. The fourth-order valence-corrected chi connectivity index (χ4v) is 2.66. The van der Waals surface area contributed by atoms with Gasteiger partial charge in [-0.15, -0.1) is 12.6 Å². The first-order chi connectivity index (χ1) is 10.6. The van der Waals surface area contributed by atoms with Crippen molar-refractivity contribution in [3.8, 4) is 11.5 Å². The van der Waals surface area contributed by atoms with Crippen LogP contribution in [0.3, 0.4) is 0 Å². The predicted octanol–water partition coefficient (Wildman–Crippen LogP) is 3.68. The molecule has 0 unspecified atom stereocenters. The number of para-hydroxylation sites is 1. The number of benzene rings is 2. The first-order valence-electron chi connectivity index (χ1n) is 7.06. The molecule has 0 atom stereocenters. The predicted molar refractivity (Wildman–Crippen MR) is 87.9 cm³/mol. The molecular weight excluding hydrogens is 298 g/mol. The molecule has 4 nitrogen and oxygen atoms in total. The molecule has 0 aromatic heterocycles. The lowest BCUT2D eigenvalue weighted by Gasteiger charge is -2.16. The minimum Gasteiger partial charge on any atom is -0.457 e. The van der Waals surface area contributed by atoms with Crippen LogP contribution in [0.25, 0.3) is 0 Å². The first-order valence-corrected chi connectivity index (χ1v) is 7.50. The topological polar surface area (TPSA) is 46.6 Å². The van der Waals surface area contributed by atoms with E-state index >= 15 is 0 Å². The Morgan fingerprint density at radius 2 is 1.82 bits per heavy atom. The van der Waals surface area contributed by atoms with E-state index in [-0.39, 0.29) is 11.0 Å². The summed E-state index contributed by atoms with van der Waals surface area (Å²) in [7, 11) is 0. The molecule has 1 aliphatic rings. The highest BCUT2D eigenvalue weighted by molar-refractivity contribution is 7.97. The first kappa shape index (κ1) is 14.7. The van der Waals surface area contributed by atoms with Crippen molar-refractivity contribution in [3.05, 3.63) is 54.1 Å². The average Bonchev–Trinajstić information content (AvgIpc) is 2.94. The third-order valence-corrected chi connectivity index (χ3v) is 3.81. The van der Waals surface area contributed by atoms with Gasteiger partial charge in [0.1, 0.15) is 11.5 Å². The van der Waals surface area contributed by atoms with Crippen molar-refractivity contribution in [3.63, 3.8) is 0 Å². The molecule has 5 heteroatoms. The van der Waals surface area contributed by atoms with Crippen molar-refractivity contribution < 1.29 is 14.3 Å². The fourth-order valence-electron chi connectivity index (χ4n) is 2.47. The normalized spacial score (nSPS) is 14.2. The van der Waals surface area contributed by atoms with Gasteiger partial charge >= 0.3 is 0 Å². The third-order valence-electron chi connectivity index (χ3n) is 3.57. The van der Waals surface area contributed by atoms with Crippen LogP contribution >= 0.6 is 12.6 Å².